The van der Waals surface area contributed by atoms with E-state index in [-0.39, 0.29) is 11.3 Å². The number of terminal acetylenes is 1. The monoisotopic (exact) mass is 232 g/mol. The van der Waals surface area contributed by atoms with Crippen molar-refractivity contribution in [3.8, 4) is 12.3 Å². The maximum atomic E-state index is 11.8. The Balaban J connectivity index is 3.06. The highest BCUT2D eigenvalue weighted by Crippen LogP contribution is 2.18. The Labute approximate surface area is 99.0 Å². The van der Waals surface area contributed by atoms with Gasteiger partial charge in [0, 0.05) is 6.07 Å². The number of nitrogens with zero attached hydrogens (tertiary/aromatic N) is 1. The summed E-state index contributed by atoms with van der Waals surface area (Å²) in [7, 11) is 0. The van der Waals surface area contributed by atoms with E-state index in [1.54, 1.807) is 19.9 Å². The fourth-order valence-electron chi connectivity index (χ4n) is 1.21. The van der Waals surface area contributed by atoms with Gasteiger partial charge in [0.1, 0.15) is 5.56 Å². The number of carbonyl (C=O) groups is 1. The van der Waals surface area contributed by atoms with Gasteiger partial charge in [-0.15, -0.1) is 6.42 Å². The highest BCUT2D eigenvalue weighted by atomic mass is 16.6. The number of carbonyl (C=O) groups excluding carboxylic acids is 1. The maximum absolute atomic E-state index is 11.8. The van der Waals surface area contributed by atoms with Crippen molar-refractivity contribution >= 4 is 11.6 Å². The molecule has 0 aliphatic carbocycles. The van der Waals surface area contributed by atoms with E-state index in [2.05, 4.69) is 11.2 Å². The molecule has 1 N–H and O–H groups in total. The number of nitro groups is 1. The number of hydrogen-bond donors (Lipinski definition) is 1. The minimum Gasteiger partial charge on any atom is -0.336 e. The number of nitrogens with one attached hydrogen (secondary N) is 1. The number of benzene rings is 1. The van der Waals surface area contributed by atoms with Crippen LogP contribution in [0.5, 0.6) is 0 Å². The minimum atomic E-state index is -0.846. The van der Waals surface area contributed by atoms with Crippen LogP contribution in [0.2, 0.25) is 0 Å². The van der Waals surface area contributed by atoms with Gasteiger partial charge < -0.3 is 5.32 Å². The predicted octanol–water partition coefficient (Wildman–Crippen LogP) is 1.74. The number of hydrogen-bond acceptors (Lipinski definition) is 3. The van der Waals surface area contributed by atoms with Gasteiger partial charge in [0.05, 0.1) is 10.5 Å². The predicted molar refractivity (Wildman–Crippen MR) is 63.5 cm³/mol. The molecule has 17 heavy (non-hydrogen) atoms. The number of rotatable bonds is 3. The summed E-state index contributed by atoms with van der Waals surface area (Å²) < 4.78 is 0. The van der Waals surface area contributed by atoms with Crippen LogP contribution >= 0.6 is 0 Å². The van der Waals surface area contributed by atoms with Gasteiger partial charge in [0.2, 0.25) is 0 Å². The topological polar surface area (TPSA) is 72.2 Å². The number of amides is 1. The standard InChI is InChI=1S/C12H12N2O3/c1-4-12(2,3)13-11(15)9-7-5-6-8-10(9)14(16)17/h1,5-8H,2-3H3,(H,13,15). The highest BCUT2D eigenvalue weighted by Gasteiger charge is 2.23. The van der Waals surface area contributed by atoms with Gasteiger partial charge in [-0.25, -0.2) is 0 Å². The molecular weight excluding hydrogens is 220 g/mol. The second-order valence-corrected chi connectivity index (χ2v) is 4.00. The first-order chi connectivity index (χ1) is 7.87. The average molecular weight is 232 g/mol. The lowest BCUT2D eigenvalue weighted by molar-refractivity contribution is -0.385. The Morgan fingerprint density at radius 3 is 2.59 bits per heavy atom. The van der Waals surface area contributed by atoms with Gasteiger partial charge in [0.25, 0.3) is 11.6 Å². The molecule has 0 aliphatic heterocycles. The third-order valence-corrected chi connectivity index (χ3v) is 2.13. The Morgan fingerprint density at radius 2 is 2.06 bits per heavy atom. The van der Waals surface area contributed by atoms with E-state index in [0.29, 0.717) is 0 Å². The molecule has 1 aromatic carbocycles. The molecule has 5 heteroatoms. The minimum absolute atomic E-state index is 0.000764. The van der Waals surface area contributed by atoms with Crippen molar-refractivity contribution in [2.45, 2.75) is 19.4 Å². The van der Waals surface area contributed by atoms with Crippen molar-refractivity contribution in [3.05, 3.63) is 39.9 Å². The molecule has 88 valence electrons. The van der Waals surface area contributed by atoms with Crippen molar-refractivity contribution in [3.63, 3.8) is 0 Å². The molecule has 0 atom stereocenters. The van der Waals surface area contributed by atoms with E-state index in [4.69, 9.17) is 6.42 Å². The largest absolute Gasteiger partial charge is 0.336 e. The lowest BCUT2D eigenvalue weighted by atomic mass is 10.1. The summed E-state index contributed by atoms with van der Waals surface area (Å²) in [5.74, 6) is 1.83. The van der Waals surface area contributed by atoms with E-state index in [1.807, 2.05) is 0 Å². The fraction of sp³-hybridized carbons (Fsp3) is 0.250. The van der Waals surface area contributed by atoms with Crippen LogP contribution in [-0.4, -0.2) is 16.4 Å². The molecule has 0 unspecified atom stereocenters. The Hall–Kier alpha value is -2.35. The molecular formula is C12H12N2O3. The smallest absolute Gasteiger partial charge is 0.282 e. The lowest BCUT2D eigenvalue weighted by Crippen LogP contribution is -2.42. The summed E-state index contributed by atoms with van der Waals surface area (Å²) in [5.41, 5.74) is -1.08. The molecule has 0 fully saturated rings. The molecule has 1 aromatic rings. The molecule has 0 spiro atoms. The molecule has 0 bridgehead atoms. The third kappa shape index (κ3) is 3.05. The van der Waals surface area contributed by atoms with Gasteiger partial charge in [0.15, 0.2) is 0 Å². The summed E-state index contributed by atoms with van der Waals surface area (Å²) >= 11 is 0. The van der Waals surface area contributed by atoms with E-state index >= 15 is 0 Å². The van der Waals surface area contributed by atoms with Gasteiger partial charge in [-0.2, -0.15) is 0 Å². The fourth-order valence-corrected chi connectivity index (χ4v) is 1.21. The third-order valence-electron chi connectivity index (χ3n) is 2.13. The quantitative estimate of drug-likeness (QED) is 0.490. The second kappa shape index (κ2) is 4.66. The molecule has 1 rings (SSSR count). The second-order valence-electron chi connectivity index (χ2n) is 4.00. The van der Waals surface area contributed by atoms with Crippen molar-refractivity contribution in [1.82, 2.24) is 5.32 Å². The van der Waals surface area contributed by atoms with Gasteiger partial charge in [-0.05, 0) is 19.9 Å². The molecule has 0 radical (unpaired) electrons. The van der Waals surface area contributed by atoms with E-state index in [0.717, 1.165) is 0 Å². The number of para-hydroxylation sites is 1. The first-order valence-corrected chi connectivity index (χ1v) is 4.91. The number of nitro benzene ring substituents is 1. The molecule has 5 nitrogen and oxygen atoms in total. The zero-order valence-electron chi connectivity index (χ0n) is 9.56. The van der Waals surface area contributed by atoms with E-state index in [9.17, 15) is 14.9 Å². The molecule has 0 saturated heterocycles. The van der Waals surface area contributed by atoms with Crippen molar-refractivity contribution in [1.29, 1.82) is 0 Å². The van der Waals surface area contributed by atoms with Crippen molar-refractivity contribution in [2.75, 3.05) is 0 Å². The summed E-state index contributed by atoms with van der Waals surface area (Å²) in [6.07, 6.45) is 5.23. The van der Waals surface area contributed by atoms with Crippen LogP contribution in [0.1, 0.15) is 24.2 Å². The Morgan fingerprint density at radius 1 is 1.47 bits per heavy atom. The van der Waals surface area contributed by atoms with Crippen LogP contribution < -0.4 is 5.32 Å². The zero-order valence-corrected chi connectivity index (χ0v) is 9.56. The zero-order chi connectivity index (χ0) is 13.1. The van der Waals surface area contributed by atoms with Crippen LogP contribution in [0.3, 0.4) is 0 Å². The average Bonchev–Trinajstić information content (AvgIpc) is 2.28. The van der Waals surface area contributed by atoms with Gasteiger partial charge >= 0.3 is 0 Å². The molecule has 0 aromatic heterocycles. The van der Waals surface area contributed by atoms with Crippen LogP contribution in [0.15, 0.2) is 24.3 Å². The summed E-state index contributed by atoms with van der Waals surface area (Å²) in [4.78, 5) is 22.0. The van der Waals surface area contributed by atoms with Gasteiger partial charge in [-0.1, -0.05) is 18.1 Å². The van der Waals surface area contributed by atoms with Crippen molar-refractivity contribution in [2.24, 2.45) is 0 Å². The summed E-state index contributed by atoms with van der Waals surface area (Å²) in [5, 5.41) is 13.3. The molecule has 0 saturated carbocycles. The normalized spacial score (nSPS) is 10.4. The summed E-state index contributed by atoms with van der Waals surface area (Å²) in [6.45, 7) is 3.28. The first kappa shape index (κ1) is 12.7. The molecule has 0 aliphatic rings. The molecule has 0 heterocycles. The van der Waals surface area contributed by atoms with Crippen LogP contribution in [0, 0.1) is 22.5 Å². The van der Waals surface area contributed by atoms with Crippen molar-refractivity contribution < 1.29 is 9.72 Å². The highest BCUT2D eigenvalue weighted by molar-refractivity contribution is 5.98. The Kier molecular flexibility index (Phi) is 3.49. The van der Waals surface area contributed by atoms with Crippen LogP contribution in [0.4, 0.5) is 5.69 Å². The van der Waals surface area contributed by atoms with Gasteiger partial charge in [-0.3, -0.25) is 14.9 Å². The molecule has 1 amide bonds. The lowest BCUT2D eigenvalue weighted by Gasteiger charge is -2.19. The summed E-state index contributed by atoms with van der Waals surface area (Å²) in [6, 6.07) is 5.73. The SMILES string of the molecule is C#CC(C)(C)NC(=O)c1ccccc1[N+](=O)[O-]. The van der Waals surface area contributed by atoms with E-state index in [1.165, 1.54) is 18.2 Å². The maximum Gasteiger partial charge on any atom is 0.282 e. The first-order valence-electron chi connectivity index (χ1n) is 4.91. The van der Waals surface area contributed by atoms with E-state index < -0.39 is 16.4 Å². The van der Waals surface area contributed by atoms with Crippen LogP contribution in [-0.2, 0) is 0 Å². The Bertz CT molecular complexity index is 501. The van der Waals surface area contributed by atoms with Crippen LogP contribution in [0.25, 0.3) is 0 Å².